The normalized spacial score (nSPS) is 11.3. The first kappa shape index (κ1) is 15.3. The number of amides is 2. The molecular formula is C15H13N3O4. The highest BCUT2D eigenvalue weighted by Crippen LogP contribution is 2.13. The largest absolute Gasteiger partial charge is 0.472 e. The van der Waals surface area contributed by atoms with Crippen molar-refractivity contribution >= 4 is 17.5 Å². The molecule has 0 radical (unpaired) electrons. The number of carbonyl (C=O) groups excluding carboxylic acids is 2. The molecule has 1 aromatic carbocycles. The number of aliphatic hydroxyl groups is 1. The Bertz CT molecular complexity index is 704. The fourth-order valence-corrected chi connectivity index (χ4v) is 1.72. The van der Waals surface area contributed by atoms with Gasteiger partial charge in [0.2, 0.25) is 0 Å². The van der Waals surface area contributed by atoms with Gasteiger partial charge in [0.1, 0.15) is 6.07 Å². The van der Waals surface area contributed by atoms with E-state index in [1.165, 1.54) is 24.7 Å². The number of para-hydroxylation sites is 1. The van der Waals surface area contributed by atoms with Gasteiger partial charge < -0.3 is 20.2 Å². The van der Waals surface area contributed by atoms with Crippen LogP contribution in [0.2, 0.25) is 0 Å². The monoisotopic (exact) mass is 299 g/mol. The molecule has 2 amide bonds. The van der Waals surface area contributed by atoms with Crippen LogP contribution in [0.4, 0.5) is 5.69 Å². The van der Waals surface area contributed by atoms with Gasteiger partial charge in [0.25, 0.3) is 0 Å². The van der Waals surface area contributed by atoms with Crippen LogP contribution in [0.1, 0.15) is 17.2 Å². The number of rotatable bonds is 4. The average molecular weight is 299 g/mol. The van der Waals surface area contributed by atoms with E-state index in [4.69, 9.17) is 9.68 Å². The topological polar surface area (TPSA) is 115 Å². The summed E-state index contributed by atoms with van der Waals surface area (Å²) >= 11 is 0. The van der Waals surface area contributed by atoms with Crippen LogP contribution in [0.5, 0.6) is 0 Å². The molecule has 0 spiro atoms. The molecule has 0 saturated carbocycles. The second-order valence-electron chi connectivity index (χ2n) is 4.39. The molecule has 0 saturated heterocycles. The first-order chi connectivity index (χ1) is 10.6. The molecule has 0 aliphatic heterocycles. The number of aliphatic hydroxyl groups excluding tert-OH is 1. The van der Waals surface area contributed by atoms with E-state index in [9.17, 15) is 14.7 Å². The van der Waals surface area contributed by atoms with Gasteiger partial charge in [-0.25, -0.2) is 0 Å². The number of nitrogens with zero attached hydrogens (tertiary/aromatic N) is 1. The maximum atomic E-state index is 11.7. The van der Waals surface area contributed by atoms with Crippen molar-refractivity contribution in [1.82, 2.24) is 5.32 Å². The van der Waals surface area contributed by atoms with Crippen LogP contribution in [0.3, 0.4) is 0 Å². The zero-order chi connectivity index (χ0) is 15.9. The summed E-state index contributed by atoms with van der Waals surface area (Å²) < 4.78 is 4.81. The summed E-state index contributed by atoms with van der Waals surface area (Å²) in [6.45, 7) is -0.133. The van der Waals surface area contributed by atoms with Crippen LogP contribution in [0.25, 0.3) is 0 Å². The fourth-order valence-electron chi connectivity index (χ4n) is 1.72. The molecule has 0 bridgehead atoms. The third-order valence-corrected chi connectivity index (χ3v) is 2.89. The van der Waals surface area contributed by atoms with Gasteiger partial charge in [-0.05, 0) is 18.2 Å². The zero-order valence-electron chi connectivity index (χ0n) is 11.4. The molecule has 1 heterocycles. The van der Waals surface area contributed by atoms with Crippen molar-refractivity contribution in [2.24, 2.45) is 0 Å². The SMILES string of the molecule is N#Cc1ccccc1NC(=O)C(=O)NC[C@H](O)c1ccoc1. The lowest BCUT2D eigenvalue weighted by Crippen LogP contribution is -2.37. The van der Waals surface area contributed by atoms with Crippen LogP contribution in [0, 0.1) is 11.3 Å². The Morgan fingerprint density at radius 2 is 2.05 bits per heavy atom. The molecular weight excluding hydrogens is 286 g/mol. The minimum absolute atomic E-state index is 0.133. The summed E-state index contributed by atoms with van der Waals surface area (Å²) in [5.41, 5.74) is 0.998. The van der Waals surface area contributed by atoms with E-state index in [1.807, 2.05) is 6.07 Å². The van der Waals surface area contributed by atoms with Crippen molar-refractivity contribution in [2.75, 3.05) is 11.9 Å². The number of benzene rings is 1. The molecule has 3 N–H and O–H groups in total. The second-order valence-corrected chi connectivity index (χ2v) is 4.39. The van der Waals surface area contributed by atoms with Gasteiger partial charge in [0, 0.05) is 12.1 Å². The van der Waals surface area contributed by atoms with E-state index in [1.54, 1.807) is 18.2 Å². The van der Waals surface area contributed by atoms with Crippen LogP contribution in [-0.4, -0.2) is 23.5 Å². The Hall–Kier alpha value is -3.11. The standard InChI is InChI=1S/C15H13N3O4/c16-7-10-3-1-2-4-12(10)18-15(21)14(20)17-8-13(19)11-5-6-22-9-11/h1-6,9,13,19H,8H2,(H,17,20)(H,18,21)/t13-/m0/s1. The third kappa shape index (κ3) is 3.71. The average Bonchev–Trinajstić information content (AvgIpc) is 3.07. The first-order valence-electron chi connectivity index (χ1n) is 6.40. The molecule has 7 heteroatoms. The quantitative estimate of drug-likeness (QED) is 0.727. The van der Waals surface area contributed by atoms with Crippen molar-refractivity contribution in [2.45, 2.75) is 6.10 Å². The Labute approximate surface area is 126 Å². The predicted molar refractivity (Wildman–Crippen MR) is 76.5 cm³/mol. The Kier molecular flexibility index (Phi) is 4.90. The summed E-state index contributed by atoms with van der Waals surface area (Å²) in [5, 5.41) is 23.3. The Morgan fingerprint density at radius 1 is 1.27 bits per heavy atom. The number of nitrogens with one attached hydrogen (secondary N) is 2. The summed E-state index contributed by atoms with van der Waals surface area (Å²) in [6, 6.07) is 9.79. The Balaban J connectivity index is 1.90. The molecule has 1 atom stereocenters. The van der Waals surface area contributed by atoms with Gasteiger partial charge >= 0.3 is 11.8 Å². The molecule has 2 aromatic rings. The lowest BCUT2D eigenvalue weighted by Gasteiger charge is -2.10. The van der Waals surface area contributed by atoms with Gasteiger partial charge in [-0.3, -0.25) is 9.59 Å². The zero-order valence-corrected chi connectivity index (χ0v) is 11.4. The van der Waals surface area contributed by atoms with Crippen molar-refractivity contribution in [3.8, 4) is 6.07 Å². The molecule has 2 rings (SSSR count). The molecule has 1 aromatic heterocycles. The molecule has 0 aliphatic rings. The number of hydrogen-bond acceptors (Lipinski definition) is 5. The number of furan rings is 1. The molecule has 0 fully saturated rings. The van der Waals surface area contributed by atoms with E-state index in [2.05, 4.69) is 10.6 Å². The van der Waals surface area contributed by atoms with Crippen molar-refractivity contribution < 1.29 is 19.1 Å². The van der Waals surface area contributed by atoms with Crippen molar-refractivity contribution in [3.63, 3.8) is 0 Å². The molecule has 0 unspecified atom stereocenters. The van der Waals surface area contributed by atoms with E-state index < -0.39 is 17.9 Å². The number of nitriles is 1. The smallest absolute Gasteiger partial charge is 0.313 e. The molecule has 22 heavy (non-hydrogen) atoms. The van der Waals surface area contributed by atoms with Crippen LogP contribution in [0.15, 0.2) is 47.3 Å². The van der Waals surface area contributed by atoms with E-state index in [0.717, 1.165) is 0 Å². The van der Waals surface area contributed by atoms with Gasteiger partial charge in [-0.15, -0.1) is 0 Å². The summed E-state index contributed by atoms with van der Waals surface area (Å²) in [4.78, 5) is 23.4. The van der Waals surface area contributed by atoms with Gasteiger partial charge in [0.15, 0.2) is 0 Å². The van der Waals surface area contributed by atoms with Gasteiger partial charge in [-0.1, -0.05) is 12.1 Å². The lowest BCUT2D eigenvalue weighted by atomic mass is 10.2. The highest BCUT2D eigenvalue weighted by molar-refractivity contribution is 6.39. The highest BCUT2D eigenvalue weighted by atomic mass is 16.3. The predicted octanol–water partition coefficient (Wildman–Crippen LogP) is 0.940. The van der Waals surface area contributed by atoms with Crippen molar-refractivity contribution in [1.29, 1.82) is 5.26 Å². The minimum Gasteiger partial charge on any atom is -0.472 e. The Morgan fingerprint density at radius 3 is 2.73 bits per heavy atom. The number of hydrogen-bond donors (Lipinski definition) is 3. The summed E-state index contributed by atoms with van der Waals surface area (Å²) in [6.07, 6.45) is 1.77. The van der Waals surface area contributed by atoms with Crippen LogP contribution >= 0.6 is 0 Å². The third-order valence-electron chi connectivity index (χ3n) is 2.89. The maximum Gasteiger partial charge on any atom is 0.313 e. The van der Waals surface area contributed by atoms with Gasteiger partial charge in [0.05, 0.1) is 29.9 Å². The second kappa shape index (κ2) is 7.06. The highest BCUT2D eigenvalue weighted by Gasteiger charge is 2.17. The van der Waals surface area contributed by atoms with E-state index >= 15 is 0 Å². The van der Waals surface area contributed by atoms with E-state index in [-0.39, 0.29) is 17.8 Å². The summed E-state index contributed by atoms with van der Waals surface area (Å²) in [7, 11) is 0. The summed E-state index contributed by atoms with van der Waals surface area (Å²) in [5.74, 6) is -1.82. The molecule has 112 valence electrons. The van der Waals surface area contributed by atoms with Crippen LogP contribution < -0.4 is 10.6 Å². The minimum atomic E-state index is -0.970. The number of anilines is 1. The molecule has 0 aliphatic carbocycles. The lowest BCUT2D eigenvalue weighted by molar-refractivity contribution is -0.136. The first-order valence-corrected chi connectivity index (χ1v) is 6.40. The van der Waals surface area contributed by atoms with Crippen LogP contribution in [-0.2, 0) is 9.59 Å². The van der Waals surface area contributed by atoms with E-state index in [0.29, 0.717) is 5.56 Å². The van der Waals surface area contributed by atoms with Gasteiger partial charge in [-0.2, -0.15) is 5.26 Å². The fraction of sp³-hybridized carbons (Fsp3) is 0.133. The number of carbonyl (C=O) groups is 2. The molecule has 7 nitrogen and oxygen atoms in total. The maximum absolute atomic E-state index is 11.7. The van der Waals surface area contributed by atoms with Crippen molar-refractivity contribution in [3.05, 3.63) is 54.0 Å².